The maximum absolute atomic E-state index is 13.5. The Morgan fingerprint density at radius 1 is 1.36 bits per heavy atom. The van der Waals surface area contributed by atoms with E-state index in [2.05, 4.69) is 40.9 Å². The van der Waals surface area contributed by atoms with Crippen molar-refractivity contribution in [3.8, 4) is 5.75 Å². The SMILES string of the molecule is CCNC(=NCc1ccc(O)c(F)c1)N1CCC(CN(CC)CC)C1. The summed E-state index contributed by atoms with van der Waals surface area (Å²) in [5.74, 6) is 0.629. The van der Waals surface area contributed by atoms with E-state index in [1.54, 1.807) is 6.07 Å². The van der Waals surface area contributed by atoms with Crippen LogP contribution in [0.2, 0.25) is 0 Å². The van der Waals surface area contributed by atoms with Crippen molar-refractivity contribution in [3.63, 3.8) is 0 Å². The van der Waals surface area contributed by atoms with Crippen LogP contribution in [-0.2, 0) is 6.54 Å². The first kappa shape index (κ1) is 19.5. The Kier molecular flexibility index (Phi) is 7.50. The second kappa shape index (κ2) is 9.61. The number of nitrogens with one attached hydrogen (secondary N) is 1. The number of rotatable bonds is 7. The lowest BCUT2D eigenvalue weighted by molar-refractivity contribution is 0.255. The molecule has 140 valence electrons. The second-order valence-corrected chi connectivity index (χ2v) is 6.54. The molecule has 1 atom stereocenters. The smallest absolute Gasteiger partial charge is 0.194 e. The highest BCUT2D eigenvalue weighted by Gasteiger charge is 2.25. The van der Waals surface area contributed by atoms with Crippen molar-refractivity contribution in [1.29, 1.82) is 0 Å². The molecule has 0 aliphatic carbocycles. The van der Waals surface area contributed by atoms with Gasteiger partial charge in [0.05, 0.1) is 6.54 Å². The van der Waals surface area contributed by atoms with Gasteiger partial charge in [0.15, 0.2) is 17.5 Å². The predicted molar refractivity (Wildman–Crippen MR) is 100 cm³/mol. The molecule has 1 aromatic rings. The summed E-state index contributed by atoms with van der Waals surface area (Å²) in [6, 6.07) is 4.43. The molecular formula is C19H31FN4O. The Bertz CT molecular complexity index is 575. The summed E-state index contributed by atoms with van der Waals surface area (Å²) < 4.78 is 13.5. The third-order valence-corrected chi connectivity index (χ3v) is 4.75. The van der Waals surface area contributed by atoms with Crippen LogP contribution in [0.1, 0.15) is 32.8 Å². The first-order chi connectivity index (χ1) is 12.1. The van der Waals surface area contributed by atoms with Crippen LogP contribution in [0.15, 0.2) is 23.2 Å². The van der Waals surface area contributed by atoms with E-state index in [1.165, 1.54) is 18.6 Å². The van der Waals surface area contributed by atoms with Crippen LogP contribution >= 0.6 is 0 Å². The lowest BCUT2D eigenvalue weighted by Gasteiger charge is -2.24. The van der Waals surface area contributed by atoms with Gasteiger partial charge in [-0.25, -0.2) is 9.38 Å². The molecule has 1 aromatic carbocycles. The Morgan fingerprint density at radius 3 is 2.76 bits per heavy atom. The summed E-state index contributed by atoms with van der Waals surface area (Å²) in [5, 5.41) is 12.6. The number of halogens is 1. The van der Waals surface area contributed by atoms with Gasteiger partial charge in [-0.3, -0.25) is 0 Å². The molecule has 1 aliphatic heterocycles. The molecule has 1 fully saturated rings. The number of aliphatic imine (C=N–C) groups is 1. The van der Waals surface area contributed by atoms with Gasteiger partial charge in [0.1, 0.15) is 0 Å². The van der Waals surface area contributed by atoms with Gasteiger partial charge in [0.25, 0.3) is 0 Å². The summed E-state index contributed by atoms with van der Waals surface area (Å²) >= 11 is 0. The lowest BCUT2D eigenvalue weighted by atomic mass is 10.1. The van der Waals surface area contributed by atoms with Crippen LogP contribution in [0.4, 0.5) is 4.39 Å². The zero-order valence-corrected chi connectivity index (χ0v) is 15.6. The number of phenolic OH excluding ortho intramolecular Hbond substituents is 1. The largest absolute Gasteiger partial charge is 0.505 e. The molecular weight excluding hydrogens is 319 g/mol. The molecule has 1 heterocycles. The molecule has 2 rings (SSSR count). The minimum atomic E-state index is -0.599. The normalized spacial score (nSPS) is 18.2. The quantitative estimate of drug-likeness (QED) is 0.586. The van der Waals surface area contributed by atoms with Crippen molar-refractivity contribution in [2.45, 2.75) is 33.7 Å². The second-order valence-electron chi connectivity index (χ2n) is 6.54. The molecule has 5 nitrogen and oxygen atoms in total. The summed E-state index contributed by atoms with van der Waals surface area (Å²) in [4.78, 5) is 9.43. The van der Waals surface area contributed by atoms with Crippen LogP contribution < -0.4 is 5.32 Å². The Labute approximate surface area is 150 Å². The zero-order valence-electron chi connectivity index (χ0n) is 15.6. The molecule has 1 unspecified atom stereocenters. The molecule has 2 N–H and O–H groups in total. The van der Waals surface area contributed by atoms with E-state index in [-0.39, 0.29) is 5.75 Å². The van der Waals surface area contributed by atoms with Gasteiger partial charge in [-0.05, 0) is 50.0 Å². The van der Waals surface area contributed by atoms with Gasteiger partial charge in [-0.2, -0.15) is 0 Å². The summed E-state index contributed by atoms with van der Waals surface area (Å²) in [7, 11) is 0. The number of benzene rings is 1. The average molecular weight is 350 g/mol. The third kappa shape index (κ3) is 5.59. The summed E-state index contributed by atoms with van der Waals surface area (Å²) in [6.45, 7) is 13.0. The fourth-order valence-electron chi connectivity index (χ4n) is 3.26. The van der Waals surface area contributed by atoms with Crippen LogP contribution in [0, 0.1) is 11.7 Å². The van der Waals surface area contributed by atoms with E-state index in [0.717, 1.165) is 50.8 Å². The van der Waals surface area contributed by atoms with E-state index in [1.807, 2.05) is 0 Å². The number of phenols is 1. The highest BCUT2D eigenvalue weighted by atomic mass is 19.1. The van der Waals surface area contributed by atoms with E-state index in [9.17, 15) is 9.50 Å². The van der Waals surface area contributed by atoms with E-state index >= 15 is 0 Å². The number of aromatic hydroxyl groups is 1. The number of guanidine groups is 1. The Morgan fingerprint density at radius 2 is 2.12 bits per heavy atom. The van der Waals surface area contributed by atoms with Crippen LogP contribution in [0.25, 0.3) is 0 Å². The van der Waals surface area contributed by atoms with Gasteiger partial charge in [-0.1, -0.05) is 19.9 Å². The van der Waals surface area contributed by atoms with Crippen LogP contribution in [0.3, 0.4) is 0 Å². The topological polar surface area (TPSA) is 51.1 Å². The fraction of sp³-hybridized carbons (Fsp3) is 0.632. The van der Waals surface area contributed by atoms with E-state index < -0.39 is 5.82 Å². The van der Waals surface area contributed by atoms with Gasteiger partial charge >= 0.3 is 0 Å². The predicted octanol–water partition coefficient (Wildman–Crippen LogP) is 2.66. The van der Waals surface area contributed by atoms with E-state index in [0.29, 0.717) is 12.5 Å². The zero-order chi connectivity index (χ0) is 18.2. The minimum Gasteiger partial charge on any atom is -0.505 e. The molecule has 0 radical (unpaired) electrons. The first-order valence-electron chi connectivity index (χ1n) is 9.30. The number of likely N-dealkylation sites (tertiary alicyclic amines) is 1. The third-order valence-electron chi connectivity index (χ3n) is 4.75. The van der Waals surface area contributed by atoms with Crippen LogP contribution in [-0.4, -0.2) is 60.1 Å². The Hall–Kier alpha value is -1.82. The maximum Gasteiger partial charge on any atom is 0.194 e. The molecule has 0 aromatic heterocycles. The number of nitrogens with zero attached hydrogens (tertiary/aromatic N) is 3. The van der Waals surface area contributed by atoms with Crippen molar-refractivity contribution >= 4 is 5.96 Å². The van der Waals surface area contributed by atoms with Gasteiger partial charge in [0, 0.05) is 26.2 Å². The van der Waals surface area contributed by atoms with Crippen molar-refractivity contribution < 1.29 is 9.50 Å². The Balaban J connectivity index is 1.98. The number of hydrogen-bond donors (Lipinski definition) is 2. The highest BCUT2D eigenvalue weighted by molar-refractivity contribution is 5.80. The van der Waals surface area contributed by atoms with Crippen molar-refractivity contribution in [2.75, 3.05) is 39.3 Å². The number of hydrogen-bond acceptors (Lipinski definition) is 3. The molecule has 25 heavy (non-hydrogen) atoms. The molecule has 0 bridgehead atoms. The van der Waals surface area contributed by atoms with Gasteiger partial charge in [-0.15, -0.1) is 0 Å². The molecule has 0 amide bonds. The lowest BCUT2D eigenvalue weighted by Crippen LogP contribution is -2.40. The standard InChI is InChI=1S/C19H31FN4O/c1-4-21-19(22-12-15-7-8-18(25)17(20)11-15)24-10-9-16(14-24)13-23(5-2)6-3/h7-8,11,16,25H,4-6,9-10,12-14H2,1-3H3,(H,21,22). The van der Waals surface area contributed by atoms with Crippen molar-refractivity contribution in [2.24, 2.45) is 10.9 Å². The van der Waals surface area contributed by atoms with Crippen LogP contribution in [0.5, 0.6) is 5.75 Å². The first-order valence-corrected chi connectivity index (χ1v) is 9.30. The molecule has 0 saturated carbocycles. The summed E-state index contributed by atoms with van der Waals surface area (Å²) in [5.41, 5.74) is 0.754. The molecule has 1 saturated heterocycles. The minimum absolute atomic E-state index is 0.321. The van der Waals surface area contributed by atoms with E-state index in [4.69, 9.17) is 0 Å². The van der Waals surface area contributed by atoms with Crippen molar-refractivity contribution in [1.82, 2.24) is 15.1 Å². The molecule has 6 heteroatoms. The van der Waals surface area contributed by atoms with Gasteiger partial charge in [0.2, 0.25) is 0 Å². The summed E-state index contributed by atoms with van der Waals surface area (Å²) in [6.07, 6.45) is 1.18. The van der Waals surface area contributed by atoms with Gasteiger partial charge < -0.3 is 20.2 Å². The molecule has 0 spiro atoms. The fourth-order valence-corrected chi connectivity index (χ4v) is 3.26. The average Bonchev–Trinajstić information content (AvgIpc) is 3.07. The molecule has 1 aliphatic rings. The highest BCUT2D eigenvalue weighted by Crippen LogP contribution is 2.19. The van der Waals surface area contributed by atoms with Crippen molar-refractivity contribution in [3.05, 3.63) is 29.6 Å². The maximum atomic E-state index is 13.5. The monoisotopic (exact) mass is 350 g/mol.